The fourth-order valence-electron chi connectivity index (χ4n) is 2.08. The quantitative estimate of drug-likeness (QED) is 0.674. The van der Waals surface area contributed by atoms with Crippen LogP contribution in [0.25, 0.3) is 0 Å². The number of aryl methyl sites for hydroxylation is 2. The lowest BCUT2D eigenvalue weighted by atomic mass is 10.2. The number of aromatic nitrogens is 2. The van der Waals surface area contributed by atoms with Crippen LogP contribution in [0.4, 0.5) is 5.69 Å². The zero-order valence-corrected chi connectivity index (χ0v) is 12.4. The molecule has 1 heterocycles. The second-order valence-corrected chi connectivity index (χ2v) is 4.63. The first kappa shape index (κ1) is 14.9. The number of nitrogens with zero attached hydrogens (tertiary/aromatic N) is 2. The number of nitrogens with two attached hydrogens (primary N) is 1. The summed E-state index contributed by atoms with van der Waals surface area (Å²) in [4.78, 5) is 11.7. The summed E-state index contributed by atoms with van der Waals surface area (Å²) >= 11 is 0. The van der Waals surface area contributed by atoms with Crippen LogP contribution in [0.5, 0.6) is 5.75 Å². The summed E-state index contributed by atoms with van der Waals surface area (Å²) in [6, 6.07) is 6.85. The molecular formula is C15H19N3O3. The van der Waals surface area contributed by atoms with Crippen LogP contribution in [0.3, 0.4) is 0 Å². The summed E-state index contributed by atoms with van der Waals surface area (Å²) in [7, 11) is 1.32. The Morgan fingerprint density at radius 3 is 2.81 bits per heavy atom. The Bertz CT molecular complexity index is 650. The number of nitrogen functional groups attached to an aromatic ring is 1. The molecule has 0 aliphatic heterocycles. The van der Waals surface area contributed by atoms with Crippen molar-refractivity contribution < 1.29 is 14.3 Å². The molecule has 2 rings (SSSR count). The number of hydrogen-bond acceptors (Lipinski definition) is 5. The van der Waals surface area contributed by atoms with Gasteiger partial charge in [-0.3, -0.25) is 4.68 Å². The summed E-state index contributed by atoms with van der Waals surface area (Å²) in [6.07, 6.45) is 0. The maximum atomic E-state index is 11.7. The second-order valence-electron chi connectivity index (χ2n) is 4.63. The molecule has 6 heteroatoms. The van der Waals surface area contributed by atoms with Crippen molar-refractivity contribution in [3.8, 4) is 5.75 Å². The van der Waals surface area contributed by atoms with Crippen LogP contribution < -0.4 is 10.5 Å². The number of esters is 1. The van der Waals surface area contributed by atoms with Gasteiger partial charge in [0.05, 0.1) is 18.5 Å². The summed E-state index contributed by atoms with van der Waals surface area (Å²) in [5, 5.41) is 4.35. The normalized spacial score (nSPS) is 10.4. The van der Waals surface area contributed by atoms with E-state index in [4.69, 9.17) is 15.2 Å². The van der Waals surface area contributed by atoms with Gasteiger partial charge >= 0.3 is 5.97 Å². The molecule has 1 aromatic carbocycles. The minimum Gasteiger partial charge on any atom is -0.486 e. The number of rotatable bonds is 5. The molecule has 0 saturated carbocycles. The van der Waals surface area contributed by atoms with Crippen molar-refractivity contribution in [2.45, 2.75) is 27.0 Å². The van der Waals surface area contributed by atoms with Crippen LogP contribution in [0.2, 0.25) is 0 Å². The molecular weight excluding hydrogens is 270 g/mol. The molecule has 0 fully saturated rings. The number of carbonyl (C=O) groups excluding carboxylic acids is 1. The Morgan fingerprint density at radius 1 is 1.38 bits per heavy atom. The fourth-order valence-corrected chi connectivity index (χ4v) is 2.08. The van der Waals surface area contributed by atoms with Gasteiger partial charge in [-0.15, -0.1) is 0 Å². The zero-order chi connectivity index (χ0) is 15.4. The van der Waals surface area contributed by atoms with Crippen LogP contribution in [0.1, 0.15) is 28.7 Å². The van der Waals surface area contributed by atoms with E-state index in [9.17, 15) is 4.79 Å². The molecule has 0 bridgehead atoms. The lowest BCUT2D eigenvalue weighted by molar-refractivity contribution is 0.0595. The van der Waals surface area contributed by atoms with E-state index < -0.39 is 5.97 Å². The smallest absolute Gasteiger partial charge is 0.341 e. The van der Waals surface area contributed by atoms with Crippen LogP contribution in [0.15, 0.2) is 24.3 Å². The van der Waals surface area contributed by atoms with Gasteiger partial charge in [-0.2, -0.15) is 5.10 Å². The molecule has 1 aromatic heterocycles. The summed E-state index contributed by atoms with van der Waals surface area (Å²) in [6.45, 7) is 5.03. The van der Waals surface area contributed by atoms with E-state index in [0.717, 1.165) is 17.9 Å². The Kier molecular flexibility index (Phi) is 4.47. The molecule has 2 N–H and O–H groups in total. The molecule has 0 radical (unpaired) electrons. The lowest BCUT2D eigenvalue weighted by Crippen LogP contribution is -2.09. The molecule has 0 aliphatic carbocycles. The average molecular weight is 289 g/mol. The van der Waals surface area contributed by atoms with Gasteiger partial charge in [-0.1, -0.05) is 0 Å². The number of methoxy groups -OCH3 is 1. The monoisotopic (exact) mass is 289 g/mol. The average Bonchev–Trinajstić information content (AvgIpc) is 2.85. The van der Waals surface area contributed by atoms with Gasteiger partial charge in [0, 0.05) is 12.2 Å². The third-order valence-corrected chi connectivity index (χ3v) is 3.07. The van der Waals surface area contributed by atoms with E-state index in [2.05, 4.69) is 5.10 Å². The minimum atomic E-state index is -0.475. The Morgan fingerprint density at radius 2 is 2.14 bits per heavy atom. The maximum Gasteiger partial charge on any atom is 0.341 e. The summed E-state index contributed by atoms with van der Waals surface area (Å²) in [5.41, 5.74) is 8.38. The van der Waals surface area contributed by atoms with Gasteiger partial charge in [0.1, 0.15) is 17.9 Å². The van der Waals surface area contributed by atoms with Crippen molar-refractivity contribution >= 4 is 11.7 Å². The maximum absolute atomic E-state index is 11.7. The molecule has 6 nitrogen and oxygen atoms in total. The predicted octanol–water partition coefficient (Wildman–Crippen LogP) is 2.16. The number of benzene rings is 1. The molecule has 0 atom stereocenters. The highest BCUT2D eigenvalue weighted by atomic mass is 16.5. The van der Waals surface area contributed by atoms with Crippen molar-refractivity contribution in [2.24, 2.45) is 0 Å². The SMILES string of the molecule is CCn1nc(C)cc1COc1ccc(N)cc1C(=O)OC. The topological polar surface area (TPSA) is 79.4 Å². The van der Waals surface area contributed by atoms with Crippen molar-refractivity contribution in [1.82, 2.24) is 9.78 Å². The Labute approximate surface area is 123 Å². The van der Waals surface area contributed by atoms with E-state index in [1.807, 2.05) is 24.6 Å². The highest BCUT2D eigenvalue weighted by Gasteiger charge is 2.14. The highest BCUT2D eigenvalue weighted by Crippen LogP contribution is 2.23. The highest BCUT2D eigenvalue weighted by molar-refractivity contribution is 5.93. The van der Waals surface area contributed by atoms with Crippen molar-refractivity contribution in [3.63, 3.8) is 0 Å². The second kappa shape index (κ2) is 6.30. The van der Waals surface area contributed by atoms with E-state index in [1.165, 1.54) is 7.11 Å². The third-order valence-electron chi connectivity index (χ3n) is 3.07. The van der Waals surface area contributed by atoms with Gasteiger partial charge in [0.15, 0.2) is 0 Å². The third kappa shape index (κ3) is 3.34. The minimum absolute atomic E-state index is 0.316. The Hall–Kier alpha value is -2.50. The van der Waals surface area contributed by atoms with Gasteiger partial charge in [0.25, 0.3) is 0 Å². The number of ether oxygens (including phenoxy) is 2. The van der Waals surface area contributed by atoms with E-state index >= 15 is 0 Å². The largest absolute Gasteiger partial charge is 0.486 e. The first-order valence-corrected chi connectivity index (χ1v) is 6.69. The van der Waals surface area contributed by atoms with Crippen LogP contribution in [-0.4, -0.2) is 22.9 Å². The first-order valence-electron chi connectivity index (χ1n) is 6.69. The van der Waals surface area contributed by atoms with Crippen LogP contribution >= 0.6 is 0 Å². The Balaban J connectivity index is 2.21. The predicted molar refractivity (Wildman–Crippen MR) is 79.2 cm³/mol. The fraction of sp³-hybridized carbons (Fsp3) is 0.333. The van der Waals surface area contributed by atoms with Gasteiger partial charge < -0.3 is 15.2 Å². The number of anilines is 1. The number of hydrogen-bond donors (Lipinski definition) is 1. The van der Waals surface area contributed by atoms with Crippen LogP contribution in [0, 0.1) is 6.92 Å². The van der Waals surface area contributed by atoms with Gasteiger partial charge in [-0.05, 0) is 38.1 Å². The molecule has 0 unspecified atom stereocenters. The van der Waals surface area contributed by atoms with Crippen molar-refractivity contribution in [1.29, 1.82) is 0 Å². The van der Waals surface area contributed by atoms with Gasteiger partial charge in [0.2, 0.25) is 0 Å². The van der Waals surface area contributed by atoms with Crippen LogP contribution in [-0.2, 0) is 17.9 Å². The number of carbonyl (C=O) groups is 1. The molecule has 0 spiro atoms. The molecule has 0 amide bonds. The van der Waals surface area contributed by atoms with Crippen molar-refractivity contribution in [3.05, 3.63) is 41.2 Å². The standard InChI is InChI=1S/C15H19N3O3/c1-4-18-12(7-10(2)17-18)9-21-14-6-5-11(16)8-13(14)15(19)20-3/h5-8H,4,9,16H2,1-3H3. The van der Waals surface area contributed by atoms with E-state index in [-0.39, 0.29) is 0 Å². The van der Waals surface area contributed by atoms with Crippen molar-refractivity contribution in [2.75, 3.05) is 12.8 Å². The molecule has 0 aliphatic rings. The lowest BCUT2D eigenvalue weighted by Gasteiger charge is -2.11. The molecule has 112 valence electrons. The van der Waals surface area contributed by atoms with E-state index in [1.54, 1.807) is 18.2 Å². The molecule has 21 heavy (non-hydrogen) atoms. The first-order chi connectivity index (χ1) is 10.0. The van der Waals surface area contributed by atoms with Gasteiger partial charge in [-0.25, -0.2) is 4.79 Å². The van der Waals surface area contributed by atoms with E-state index in [0.29, 0.717) is 23.6 Å². The molecule has 0 saturated heterocycles. The zero-order valence-electron chi connectivity index (χ0n) is 12.4. The summed E-state index contributed by atoms with van der Waals surface area (Å²) in [5.74, 6) is -0.0324. The molecule has 2 aromatic rings. The summed E-state index contributed by atoms with van der Waals surface area (Å²) < 4.78 is 12.3.